The largest absolute Gasteiger partial charge is 0.379 e. The lowest BCUT2D eigenvalue weighted by molar-refractivity contribution is 0.0756. The molecule has 2 saturated heterocycles. The van der Waals surface area contributed by atoms with Crippen LogP contribution in [0, 0.1) is 5.92 Å². The van der Waals surface area contributed by atoms with E-state index in [9.17, 15) is 0 Å². The first kappa shape index (κ1) is 29.3. The normalized spacial score (nSPS) is 22.5. The van der Waals surface area contributed by atoms with Crippen molar-refractivity contribution in [2.45, 2.75) is 123 Å². The Morgan fingerprint density at radius 1 is 0.917 bits per heavy atom. The third-order valence-electron chi connectivity index (χ3n) is 8.05. The van der Waals surface area contributed by atoms with Crippen LogP contribution in [0.1, 0.15) is 110 Å². The number of hydrogen-bond donors (Lipinski definition) is 1. The summed E-state index contributed by atoms with van der Waals surface area (Å²) < 4.78 is 5.62. The third kappa shape index (κ3) is 10.6. The van der Waals surface area contributed by atoms with Crippen LogP contribution in [-0.2, 0) is 4.74 Å². The summed E-state index contributed by atoms with van der Waals surface area (Å²) in [5.41, 5.74) is 1.32. The zero-order chi connectivity index (χ0) is 25.8. The van der Waals surface area contributed by atoms with Gasteiger partial charge < -0.3 is 15.0 Å². The smallest absolute Gasteiger partial charge is 0.222 e. The van der Waals surface area contributed by atoms with Gasteiger partial charge in [0.1, 0.15) is 0 Å². The van der Waals surface area contributed by atoms with Crippen LogP contribution in [-0.4, -0.2) is 77.3 Å². The van der Waals surface area contributed by atoms with Crippen molar-refractivity contribution in [2.24, 2.45) is 5.92 Å². The van der Waals surface area contributed by atoms with Crippen molar-refractivity contribution in [3.8, 4) is 0 Å². The predicted octanol–water partition coefficient (Wildman–Crippen LogP) is 6.34. The molecule has 0 spiro atoms. The molecule has 2 atom stereocenters. The fourth-order valence-electron chi connectivity index (χ4n) is 5.86. The van der Waals surface area contributed by atoms with Crippen LogP contribution in [0.3, 0.4) is 0 Å². The number of rotatable bonds is 15. The molecule has 3 heterocycles. The minimum absolute atomic E-state index is 0.373. The summed E-state index contributed by atoms with van der Waals surface area (Å²) in [5, 5.41) is 3.61. The maximum absolute atomic E-state index is 5.62. The SMILES string of the molecule is CC1CC(Nc2ncc(C3CCN(CCCCCCCCCOC(C)C)CC3)cn2)CN(C(C)C)C1. The summed E-state index contributed by atoms with van der Waals surface area (Å²) in [6.45, 7) is 18.1. The standard InChI is InChI=1S/C30H55N5O/c1-24(2)35-22-26(5)19-29(23-35)33-30-31-20-28(21-32-30)27-13-16-34(17-14-27)15-11-9-7-6-8-10-12-18-36-25(3)4/h20-21,24-27,29H,6-19,22-23H2,1-5H3,(H,31,32,33). The molecule has 0 aromatic carbocycles. The van der Waals surface area contributed by atoms with E-state index in [1.807, 2.05) is 0 Å². The van der Waals surface area contributed by atoms with E-state index in [1.165, 1.54) is 96.0 Å². The number of unbranched alkanes of at least 4 members (excludes halogenated alkanes) is 6. The lowest BCUT2D eigenvalue weighted by Crippen LogP contribution is -2.48. The van der Waals surface area contributed by atoms with Gasteiger partial charge in [0.25, 0.3) is 0 Å². The highest BCUT2D eigenvalue weighted by Gasteiger charge is 2.27. The molecule has 0 radical (unpaired) electrons. The minimum atomic E-state index is 0.373. The molecule has 206 valence electrons. The van der Waals surface area contributed by atoms with E-state index in [2.05, 4.69) is 62.1 Å². The Hall–Kier alpha value is -1.24. The summed E-state index contributed by atoms with van der Waals surface area (Å²) in [6.07, 6.45) is 17.6. The van der Waals surface area contributed by atoms with Crippen LogP contribution in [0.15, 0.2) is 12.4 Å². The maximum atomic E-state index is 5.62. The fourth-order valence-corrected chi connectivity index (χ4v) is 5.86. The van der Waals surface area contributed by atoms with Gasteiger partial charge in [-0.25, -0.2) is 9.97 Å². The number of nitrogens with zero attached hydrogens (tertiary/aromatic N) is 4. The lowest BCUT2D eigenvalue weighted by Gasteiger charge is -2.39. The highest BCUT2D eigenvalue weighted by Crippen LogP contribution is 2.28. The molecule has 1 N–H and O–H groups in total. The quantitative estimate of drug-likeness (QED) is 0.283. The van der Waals surface area contributed by atoms with Crippen LogP contribution in [0.4, 0.5) is 5.95 Å². The van der Waals surface area contributed by atoms with Gasteiger partial charge in [0.15, 0.2) is 0 Å². The summed E-state index contributed by atoms with van der Waals surface area (Å²) in [5.74, 6) is 2.12. The lowest BCUT2D eigenvalue weighted by atomic mass is 9.91. The maximum Gasteiger partial charge on any atom is 0.222 e. The third-order valence-corrected chi connectivity index (χ3v) is 8.05. The van der Waals surface area contributed by atoms with Crippen molar-refractivity contribution in [3.05, 3.63) is 18.0 Å². The second kappa shape index (κ2) is 15.9. The van der Waals surface area contributed by atoms with Gasteiger partial charge >= 0.3 is 0 Å². The van der Waals surface area contributed by atoms with Crippen molar-refractivity contribution >= 4 is 5.95 Å². The fraction of sp³-hybridized carbons (Fsp3) is 0.867. The molecule has 6 nitrogen and oxygen atoms in total. The molecule has 2 unspecified atom stereocenters. The molecule has 0 amide bonds. The second-order valence-electron chi connectivity index (χ2n) is 12.1. The second-order valence-corrected chi connectivity index (χ2v) is 12.1. The van der Waals surface area contributed by atoms with Gasteiger partial charge in [0.05, 0.1) is 6.10 Å². The van der Waals surface area contributed by atoms with E-state index in [1.54, 1.807) is 0 Å². The average molecular weight is 502 g/mol. The summed E-state index contributed by atoms with van der Waals surface area (Å²) in [6, 6.07) is 1.03. The molecular weight excluding hydrogens is 446 g/mol. The zero-order valence-corrected chi connectivity index (χ0v) is 24.1. The Labute approximate surface area is 222 Å². The monoisotopic (exact) mass is 501 g/mol. The molecule has 2 aliphatic heterocycles. The van der Waals surface area contributed by atoms with E-state index >= 15 is 0 Å². The Balaban J connectivity index is 1.26. The first-order valence-electron chi connectivity index (χ1n) is 15.1. The Morgan fingerprint density at radius 2 is 1.56 bits per heavy atom. The molecule has 0 aliphatic carbocycles. The topological polar surface area (TPSA) is 53.5 Å². The molecule has 2 aliphatic rings. The molecule has 0 saturated carbocycles. The molecule has 1 aromatic heterocycles. The first-order chi connectivity index (χ1) is 17.4. The van der Waals surface area contributed by atoms with E-state index in [4.69, 9.17) is 14.7 Å². The van der Waals surface area contributed by atoms with E-state index < -0.39 is 0 Å². The van der Waals surface area contributed by atoms with Crippen LogP contribution in [0.25, 0.3) is 0 Å². The molecular formula is C30H55N5O. The molecule has 2 fully saturated rings. The van der Waals surface area contributed by atoms with E-state index in [0.29, 0.717) is 30.0 Å². The Morgan fingerprint density at radius 3 is 2.19 bits per heavy atom. The van der Waals surface area contributed by atoms with Gasteiger partial charge in [0.2, 0.25) is 5.95 Å². The predicted molar refractivity (Wildman–Crippen MR) is 152 cm³/mol. The van der Waals surface area contributed by atoms with Crippen molar-refractivity contribution in [1.82, 2.24) is 19.8 Å². The average Bonchev–Trinajstić information content (AvgIpc) is 2.85. The first-order valence-corrected chi connectivity index (χ1v) is 15.1. The van der Waals surface area contributed by atoms with Crippen molar-refractivity contribution in [1.29, 1.82) is 0 Å². The van der Waals surface area contributed by atoms with Gasteiger partial charge in [-0.1, -0.05) is 39.0 Å². The van der Waals surface area contributed by atoms with Gasteiger partial charge in [-0.2, -0.15) is 0 Å². The van der Waals surface area contributed by atoms with Crippen LogP contribution in [0.2, 0.25) is 0 Å². The number of likely N-dealkylation sites (tertiary alicyclic amines) is 2. The summed E-state index contributed by atoms with van der Waals surface area (Å²) in [4.78, 5) is 14.7. The number of hydrogen-bond acceptors (Lipinski definition) is 6. The molecule has 3 rings (SSSR count). The number of piperidine rings is 2. The molecule has 1 aromatic rings. The van der Waals surface area contributed by atoms with Crippen molar-refractivity contribution in [3.63, 3.8) is 0 Å². The van der Waals surface area contributed by atoms with Crippen LogP contribution < -0.4 is 5.32 Å². The van der Waals surface area contributed by atoms with E-state index in [-0.39, 0.29) is 0 Å². The summed E-state index contributed by atoms with van der Waals surface area (Å²) in [7, 11) is 0. The highest BCUT2D eigenvalue weighted by molar-refractivity contribution is 5.28. The van der Waals surface area contributed by atoms with Gasteiger partial charge in [-0.15, -0.1) is 0 Å². The molecule has 0 bridgehead atoms. The van der Waals surface area contributed by atoms with Crippen molar-refractivity contribution < 1.29 is 4.74 Å². The van der Waals surface area contributed by atoms with Gasteiger partial charge in [0, 0.05) is 44.2 Å². The number of ether oxygens (including phenoxy) is 1. The number of nitrogens with one attached hydrogen (secondary N) is 1. The van der Waals surface area contributed by atoms with Crippen LogP contribution >= 0.6 is 0 Å². The number of anilines is 1. The minimum Gasteiger partial charge on any atom is -0.379 e. The van der Waals surface area contributed by atoms with Gasteiger partial charge in [-0.05, 0) is 96.8 Å². The number of aromatic nitrogens is 2. The Kier molecular flexibility index (Phi) is 12.9. The molecule has 36 heavy (non-hydrogen) atoms. The zero-order valence-electron chi connectivity index (χ0n) is 24.1. The van der Waals surface area contributed by atoms with Crippen LogP contribution in [0.5, 0.6) is 0 Å². The van der Waals surface area contributed by atoms with E-state index in [0.717, 1.165) is 19.1 Å². The summed E-state index contributed by atoms with van der Waals surface area (Å²) >= 11 is 0. The van der Waals surface area contributed by atoms with Gasteiger partial charge in [-0.3, -0.25) is 4.90 Å². The van der Waals surface area contributed by atoms with Crippen molar-refractivity contribution in [2.75, 3.05) is 44.6 Å². The Bertz CT molecular complexity index is 702. The highest BCUT2D eigenvalue weighted by atomic mass is 16.5. The molecule has 6 heteroatoms.